The Morgan fingerprint density at radius 1 is 0.800 bits per heavy atom. The van der Waals surface area contributed by atoms with Crippen molar-refractivity contribution >= 4 is 26.1 Å². The maximum atomic E-state index is 12.6. The smallest absolute Gasteiger partial charge is 0.297 e. The molecule has 0 saturated heterocycles. The molecule has 0 radical (unpaired) electrons. The Labute approximate surface area is 231 Å². The highest BCUT2D eigenvalue weighted by Crippen LogP contribution is 2.29. The average Bonchev–Trinajstić information content (AvgIpc) is 3.64. The van der Waals surface area contributed by atoms with Gasteiger partial charge in [0.25, 0.3) is 20.2 Å². The first-order valence-corrected chi connectivity index (χ1v) is 15.1. The predicted octanol–water partition coefficient (Wildman–Crippen LogP) is 3.14. The van der Waals surface area contributed by atoms with Crippen LogP contribution in [0, 0.1) is 0 Å². The Balaban J connectivity index is 1.44. The minimum atomic E-state index is -3.97. The van der Waals surface area contributed by atoms with Crippen molar-refractivity contribution in [3.63, 3.8) is 0 Å². The predicted molar refractivity (Wildman–Crippen MR) is 147 cm³/mol. The molecule has 3 aromatic carbocycles. The van der Waals surface area contributed by atoms with Gasteiger partial charge in [0.05, 0.1) is 13.2 Å². The summed E-state index contributed by atoms with van der Waals surface area (Å²) >= 11 is 0. The van der Waals surface area contributed by atoms with Gasteiger partial charge in [0, 0.05) is 16.7 Å². The van der Waals surface area contributed by atoms with E-state index in [2.05, 4.69) is 31.0 Å². The topological polar surface area (TPSA) is 165 Å². The molecule has 3 N–H and O–H groups in total. The maximum Gasteiger partial charge on any atom is 0.297 e. The van der Waals surface area contributed by atoms with E-state index in [9.17, 15) is 16.8 Å². The number of aromatic amines is 1. The molecule has 0 spiro atoms. The zero-order valence-electron chi connectivity index (χ0n) is 21.5. The first kappa shape index (κ1) is 27.6. The molecule has 208 valence electrons. The highest BCUT2D eigenvalue weighted by molar-refractivity contribution is 7.87. The summed E-state index contributed by atoms with van der Waals surface area (Å²) in [6.07, 6.45) is -0.534. The van der Waals surface area contributed by atoms with Gasteiger partial charge >= 0.3 is 0 Å². The lowest BCUT2D eigenvalue weighted by molar-refractivity contribution is 0.337. The zero-order valence-corrected chi connectivity index (χ0v) is 23.2. The molecule has 0 saturated carbocycles. The first-order valence-electron chi connectivity index (χ1n) is 12.3. The van der Waals surface area contributed by atoms with Crippen LogP contribution >= 0.6 is 0 Å². The Morgan fingerprint density at radius 2 is 1.43 bits per heavy atom. The van der Waals surface area contributed by atoms with Gasteiger partial charge in [0.1, 0.15) is 21.8 Å². The fourth-order valence-corrected chi connectivity index (χ4v) is 6.42. The van der Waals surface area contributed by atoms with Crippen LogP contribution in [0.1, 0.15) is 31.1 Å². The second-order valence-corrected chi connectivity index (χ2v) is 11.7. The normalized spacial score (nSPS) is 15.6. The van der Waals surface area contributed by atoms with Gasteiger partial charge in [-0.3, -0.25) is 13.5 Å². The van der Waals surface area contributed by atoms with Gasteiger partial charge in [-0.25, -0.2) is 15.4 Å². The number of hydrogen-bond acceptors (Lipinski definition) is 11. The Kier molecular flexibility index (Phi) is 7.78. The number of aliphatic imine (C=N–C) groups is 1. The van der Waals surface area contributed by atoms with Crippen LogP contribution in [0.5, 0.6) is 0 Å². The van der Waals surface area contributed by atoms with Crippen LogP contribution in [0.3, 0.4) is 0 Å². The van der Waals surface area contributed by atoms with Crippen molar-refractivity contribution in [2.45, 2.75) is 29.8 Å². The van der Waals surface area contributed by atoms with Gasteiger partial charge < -0.3 is 5.43 Å². The summed E-state index contributed by atoms with van der Waals surface area (Å²) in [7, 11) is -7.92. The molecule has 2 heterocycles. The third kappa shape index (κ3) is 5.52. The van der Waals surface area contributed by atoms with Crippen LogP contribution in [0.25, 0.3) is 22.8 Å². The summed E-state index contributed by atoms with van der Waals surface area (Å²) in [4.78, 5) is 9.19. The number of H-pyrrole nitrogens is 1. The molecule has 4 aromatic rings. The fraction of sp³-hybridized carbons (Fsp3) is 0.192. The minimum absolute atomic E-state index is 0.00723. The second-order valence-electron chi connectivity index (χ2n) is 8.50. The van der Waals surface area contributed by atoms with Gasteiger partial charge in [-0.1, -0.05) is 42.5 Å². The standard InChI is InChI=1S/C26H26N6O6S2/c1-3-37-39(33,34)21-14-7-5-12-19(21)25-27-23(29-31-25)17-10-9-11-18(16-17)24-28-26(32-30-24)20-13-6-8-15-22(20)40(35,36)38-4-2/h5-16,23,29H,3-4H2,1-2H3,(H,27,31)(H,28,30,32). The molecule has 1 atom stereocenters. The van der Waals surface area contributed by atoms with Gasteiger partial charge in [0.15, 0.2) is 11.6 Å². The number of amidine groups is 1. The fourth-order valence-electron chi connectivity index (χ4n) is 4.18. The van der Waals surface area contributed by atoms with E-state index >= 15 is 0 Å². The molecule has 0 amide bonds. The molecule has 0 fully saturated rings. The molecule has 0 aliphatic carbocycles. The largest absolute Gasteiger partial charge is 0.303 e. The zero-order chi connectivity index (χ0) is 28.3. The van der Waals surface area contributed by atoms with E-state index in [0.29, 0.717) is 28.4 Å². The average molecular weight is 583 g/mol. The van der Waals surface area contributed by atoms with Crippen LogP contribution in [0.15, 0.2) is 87.6 Å². The molecule has 40 heavy (non-hydrogen) atoms. The first-order chi connectivity index (χ1) is 19.2. The lowest BCUT2D eigenvalue weighted by Crippen LogP contribution is -2.32. The molecule has 1 unspecified atom stereocenters. The molecular formula is C26H26N6O6S2. The second kappa shape index (κ2) is 11.3. The van der Waals surface area contributed by atoms with E-state index in [1.54, 1.807) is 50.2 Å². The van der Waals surface area contributed by atoms with E-state index in [0.717, 1.165) is 5.56 Å². The molecular weight excluding hydrogens is 556 g/mol. The lowest BCUT2D eigenvalue weighted by Gasteiger charge is -2.09. The summed E-state index contributed by atoms with van der Waals surface area (Å²) in [6, 6.07) is 20.2. The number of hydrazine groups is 1. The van der Waals surface area contributed by atoms with Crippen molar-refractivity contribution < 1.29 is 25.2 Å². The van der Waals surface area contributed by atoms with Crippen molar-refractivity contribution in [1.29, 1.82) is 0 Å². The number of hydrogen-bond donors (Lipinski definition) is 3. The van der Waals surface area contributed by atoms with Crippen molar-refractivity contribution in [3.05, 3.63) is 83.9 Å². The van der Waals surface area contributed by atoms with Crippen molar-refractivity contribution in [1.82, 2.24) is 26.0 Å². The van der Waals surface area contributed by atoms with E-state index in [1.807, 2.05) is 24.3 Å². The van der Waals surface area contributed by atoms with Crippen LogP contribution < -0.4 is 10.9 Å². The number of rotatable bonds is 10. The maximum absolute atomic E-state index is 12.6. The van der Waals surface area contributed by atoms with Crippen LogP contribution in [0.4, 0.5) is 0 Å². The molecule has 5 rings (SSSR count). The molecule has 1 aromatic heterocycles. The molecule has 12 nitrogen and oxygen atoms in total. The highest BCUT2D eigenvalue weighted by atomic mass is 32.2. The van der Waals surface area contributed by atoms with Gasteiger partial charge in [0.2, 0.25) is 0 Å². The van der Waals surface area contributed by atoms with Crippen molar-refractivity contribution in [2.75, 3.05) is 13.2 Å². The SMILES string of the molecule is CCOS(=O)(=O)c1ccccc1C1=NC(c2cccc(-c3n[nH]c(-c4ccccc4S(=O)(=O)OCC)n3)c2)NN1. The summed E-state index contributed by atoms with van der Waals surface area (Å²) in [5.41, 5.74) is 8.16. The summed E-state index contributed by atoms with van der Waals surface area (Å²) in [5.74, 6) is 0.970. The minimum Gasteiger partial charge on any atom is -0.303 e. The number of benzene rings is 3. The van der Waals surface area contributed by atoms with Crippen LogP contribution in [0.2, 0.25) is 0 Å². The van der Waals surface area contributed by atoms with E-state index < -0.39 is 26.4 Å². The summed E-state index contributed by atoms with van der Waals surface area (Å²) < 4.78 is 60.3. The van der Waals surface area contributed by atoms with E-state index in [4.69, 9.17) is 8.37 Å². The number of nitrogens with one attached hydrogen (secondary N) is 3. The summed E-state index contributed by atoms with van der Waals surface area (Å²) in [6.45, 7) is 3.23. The molecule has 14 heteroatoms. The number of aromatic nitrogens is 3. The van der Waals surface area contributed by atoms with Gasteiger partial charge in [-0.05, 0) is 49.7 Å². The third-order valence-electron chi connectivity index (χ3n) is 5.90. The Hall–Kier alpha value is -3.95. The molecule has 1 aliphatic rings. The number of nitrogens with zero attached hydrogens (tertiary/aromatic N) is 3. The lowest BCUT2D eigenvalue weighted by atomic mass is 10.1. The molecule has 0 bridgehead atoms. The molecule has 1 aliphatic heterocycles. The summed E-state index contributed by atoms with van der Waals surface area (Å²) in [5, 5.41) is 7.11. The highest BCUT2D eigenvalue weighted by Gasteiger charge is 2.26. The van der Waals surface area contributed by atoms with Crippen molar-refractivity contribution in [2.24, 2.45) is 4.99 Å². The third-order valence-corrected chi connectivity index (χ3v) is 8.78. The monoisotopic (exact) mass is 582 g/mol. The van der Waals surface area contributed by atoms with Crippen LogP contribution in [-0.2, 0) is 28.6 Å². The Morgan fingerprint density at radius 3 is 2.10 bits per heavy atom. The van der Waals surface area contributed by atoms with E-state index in [-0.39, 0.29) is 28.8 Å². The van der Waals surface area contributed by atoms with Crippen molar-refractivity contribution in [3.8, 4) is 22.8 Å². The van der Waals surface area contributed by atoms with Gasteiger partial charge in [-0.2, -0.15) is 21.9 Å². The van der Waals surface area contributed by atoms with Crippen LogP contribution in [-0.4, -0.2) is 51.1 Å². The Bertz CT molecular complexity index is 1790. The van der Waals surface area contributed by atoms with Gasteiger partial charge in [-0.15, -0.1) is 0 Å². The quantitative estimate of drug-likeness (QED) is 0.237. The van der Waals surface area contributed by atoms with E-state index in [1.165, 1.54) is 12.1 Å².